The topological polar surface area (TPSA) is 86.9 Å². The summed E-state index contributed by atoms with van der Waals surface area (Å²) in [6.07, 6.45) is 6.37. The second-order valence-corrected chi connectivity index (χ2v) is 8.77. The van der Waals surface area contributed by atoms with Crippen LogP contribution in [0, 0.1) is 0 Å². The Bertz CT molecular complexity index is 1010. The van der Waals surface area contributed by atoms with E-state index in [-0.39, 0.29) is 11.7 Å². The summed E-state index contributed by atoms with van der Waals surface area (Å²) in [7, 11) is 1.65. The Morgan fingerprint density at radius 1 is 1.23 bits per heavy atom. The summed E-state index contributed by atoms with van der Waals surface area (Å²) >= 11 is 7.36. The monoisotopic (exact) mass is 460 g/mol. The summed E-state index contributed by atoms with van der Waals surface area (Å²) in [6.45, 7) is 1.10. The molecule has 0 spiro atoms. The summed E-state index contributed by atoms with van der Waals surface area (Å²) < 4.78 is 9.15. The Labute approximate surface area is 190 Å². The lowest BCUT2D eigenvalue weighted by atomic mass is 10.2. The predicted molar refractivity (Wildman–Crippen MR) is 121 cm³/mol. The number of benzene rings is 1. The van der Waals surface area contributed by atoms with Gasteiger partial charge in [-0.3, -0.25) is 9.36 Å². The van der Waals surface area contributed by atoms with E-state index in [4.69, 9.17) is 16.3 Å². The summed E-state index contributed by atoms with van der Waals surface area (Å²) in [5.41, 5.74) is 0.907. The number of halogens is 1. The van der Waals surface area contributed by atoms with Crippen LogP contribution in [0.3, 0.4) is 0 Å². The van der Waals surface area contributed by atoms with Crippen LogP contribution in [0.2, 0.25) is 5.02 Å². The zero-order valence-corrected chi connectivity index (χ0v) is 18.9. The number of methoxy groups -OCH3 is 1. The maximum Gasteiger partial charge on any atom is 0.235 e. The molecule has 1 saturated carbocycles. The third kappa shape index (κ3) is 5.28. The third-order valence-electron chi connectivity index (χ3n) is 5.28. The molecule has 8 nitrogen and oxygen atoms in total. The number of thioether (sulfide) groups is 1. The Morgan fingerprint density at radius 2 is 2.00 bits per heavy atom. The van der Waals surface area contributed by atoms with Gasteiger partial charge in [-0.05, 0) is 37.1 Å². The molecule has 3 aromatic rings. The van der Waals surface area contributed by atoms with Gasteiger partial charge in [-0.25, -0.2) is 4.68 Å². The highest BCUT2D eigenvalue weighted by molar-refractivity contribution is 7.99. The highest BCUT2D eigenvalue weighted by atomic mass is 35.5. The molecular weight excluding hydrogens is 436 g/mol. The summed E-state index contributed by atoms with van der Waals surface area (Å²) in [5.74, 6) is 1.59. The van der Waals surface area contributed by atoms with E-state index in [9.17, 15) is 4.79 Å². The summed E-state index contributed by atoms with van der Waals surface area (Å²) in [6, 6.07) is 9.67. The van der Waals surface area contributed by atoms with Crippen molar-refractivity contribution < 1.29 is 9.53 Å². The van der Waals surface area contributed by atoms with Crippen molar-refractivity contribution in [3.05, 3.63) is 41.6 Å². The molecule has 1 aromatic carbocycles. The van der Waals surface area contributed by atoms with Crippen LogP contribution in [0.25, 0.3) is 11.4 Å². The molecule has 10 heteroatoms. The molecule has 0 radical (unpaired) electrons. The van der Waals surface area contributed by atoms with Gasteiger partial charge in [-0.1, -0.05) is 36.2 Å². The van der Waals surface area contributed by atoms with Gasteiger partial charge < -0.3 is 10.1 Å². The Morgan fingerprint density at radius 3 is 2.74 bits per heavy atom. The normalized spacial score (nSPS) is 14.3. The number of hydrogen-bond acceptors (Lipinski definition) is 6. The average Bonchev–Trinajstić information content (AvgIpc) is 3.52. The van der Waals surface area contributed by atoms with Crippen LogP contribution in [0.15, 0.2) is 41.7 Å². The van der Waals surface area contributed by atoms with Crippen LogP contribution in [-0.2, 0) is 16.1 Å². The number of nitrogens with zero attached hydrogens (tertiary/aromatic N) is 5. The molecule has 1 N–H and O–H groups in total. The van der Waals surface area contributed by atoms with E-state index >= 15 is 0 Å². The van der Waals surface area contributed by atoms with Gasteiger partial charge in [0.1, 0.15) is 5.82 Å². The van der Waals surface area contributed by atoms with Gasteiger partial charge in [0.05, 0.1) is 31.1 Å². The molecule has 0 unspecified atom stereocenters. The van der Waals surface area contributed by atoms with Gasteiger partial charge in [-0.2, -0.15) is 5.10 Å². The second kappa shape index (κ2) is 10.3. The maximum atomic E-state index is 12.6. The number of ether oxygens (including phenoxy) is 1. The minimum absolute atomic E-state index is 0.0981. The summed E-state index contributed by atoms with van der Waals surface area (Å²) in [4.78, 5) is 12.6. The SMILES string of the molecule is COCCn1c(SCC(=O)Nc2ccnn2C2CCCC2)nnc1-c1ccc(Cl)cc1. The molecule has 0 bridgehead atoms. The molecule has 0 atom stereocenters. The first kappa shape index (κ1) is 21.9. The van der Waals surface area contributed by atoms with Crippen molar-refractivity contribution in [1.82, 2.24) is 24.5 Å². The molecule has 2 aromatic heterocycles. The highest BCUT2D eigenvalue weighted by Crippen LogP contribution is 2.31. The van der Waals surface area contributed by atoms with Crippen molar-refractivity contribution >= 4 is 35.1 Å². The van der Waals surface area contributed by atoms with Gasteiger partial charge in [0.2, 0.25) is 5.91 Å². The van der Waals surface area contributed by atoms with Crippen molar-refractivity contribution in [3.8, 4) is 11.4 Å². The Kier molecular flexibility index (Phi) is 7.26. The number of rotatable bonds is 9. The molecule has 4 rings (SSSR count). The van der Waals surface area contributed by atoms with E-state index in [1.165, 1.54) is 24.6 Å². The van der Waals surface area contributed by atoms with Crippen LogP contribution in [0.5, 0.6) is 0 Å². The smallest absolute Gasteiger partial charge is 0.235 e. The first-order valence-electron chi connectivity index (χ1n) is 10.3. The van der Waals surface area contributed by atoms with E-state index in [1.807, 2.05) is 39.6 Å². The largest absolute Gasteiger partial charge is 0.383 e. The van der Waals surface area contributed by atoms with E-state index in [0.717, 1.165) is 30.0 Å². The van der Waals surface area contributed by atoms with Crippen molar-refractivity contribution in [2.24, 2.45) is 0 Å². The lowest BCUT2D eigenvalue weighted by Crippen LogP contribution is -2.19. The average molecular weight is 461 g/mol. The van der Waals surface area contributed by atoms with Crippen molar-refractivity contribution in [2.75, 3.05) is 24.8 Å². The van der Waals surface area contributed by atoms with E-state index in [2.05, 4.69) is 20.6 Å². The number of aromatic nitrogens is 5. The van der Waals surface area contributed by atoms with Crippen LogP contribution in [0.4, 0.5) is 5.82 Å². The number of anilines is 1. The van der Waals surface area contributed by atoms with Gasteiger partial charge in [0.25, 0.3) is 0 Å². The first-order chi connectivity index (χ1) is 15.2. The van der Waals surface area contributed by atoms with E-state index in [1.54, 1.807) is 13.3 Å². The standard InChI is InChI=1S/C21H25ClN6O2S/c1-30-13-12-27-20(15-6-8-16(22)9-7-15)25-26-21(27)31-14-19(29)24-18-10-11-23-28(18)17-4-2-3-5-17/h6-11,17H,2-5,12-14H2,1H3,(H,24,29). The van der Waals surface area contributed by atoms with Crippen LogP contribution < -0.4 is 5.32 Å². The first-order valence-corrected chi connectivity index (χ1v) is 11.7. The quantitative estimate of drug-likeness (QED) is 0.479. The van der Waals surface area contributed by atoms with Crippen LogP contribution >= 0.6 is 23.4 Å². The molecule has 2 heterocycles. The summed E-state index contributed by atoms with van der Waals surface area (Å²) in [5, 5.41) is 17.4. The van der Waals surface area contributed by atoms with Crippen LogP contribution in [0.1, 0.15) is 31.7 Å². The fourth-order valence-corrected chi connectivity index (χ4v) is 4.64. The molecule has 0 saturated heterocycles. The molecule has 1 amide bonds. The molecule has 1 fully saturated rings. The molecule has 1 aliphatic rings. The lowest BCUT2D eigenvalue weighted by molar-refractivity contribution is -0.113. The number of carbonyl (C=O) groups is 1. The third-order valence-corrected chi connectivity index (χ3v) is 6.50. The maximum absolute atomic E-state index is 12.6. The minimum Gasteiger partial charge on any atom is -0.383 e. The zero-order valence-electron chi connectivity index (χ0n) is 17.3. The Hall–Kier alpha value is -2.36. The molecule has 164 valence electrons. The van der Waals surface area contributed by atoms with Crippen molar-refractivity contribution in [3.63, 3.8) is 0 Å². The molecular formula is C21H25ClN6O2S. The number of nitrogens with one attached hydrogen (secondary N) is 1. The number of amides is 1. The number of carbonyl (C=O) groups excluding carboxylic acids is 1. The Balaban J connectivity index is 1.43. The molecule has 1 aliphatic carbocycles. The predicted octanol–water partition coefficient (Wildman–Crippen LogP) is 4.29. The number of hydrogen-bond donors (Lipinski definition) is 1. The van der Waals surface area contributed by atoms with Gasteiger partial charge in [0, 0.05) is 23.8 Å². The fraction of sp³-hybridized carbons (Fsp3) is 0.429. The van der Waals surface area contributed by atoms with E-state index in [0.29, 0.717) is 29.4 Å². The van der Waals surface area contributed by atoms with Gasteiger partial charge in [0.15, 0.2) is 11.0 Å². The molecule has 31 heavy (non-hydrogen) atoms. The zero-order chi connectivity index (χ0) is 21.6. The van der Waals surface area contributed by atoms with Crippen molar-refractivity contribution in [2.45, 2.75) is 43.4 Å². The van der Waals surface area contributed by atoms with Gasteiger partial charge >= 0.3 is 0 Å². The van der Waals surface area contributed by atoms with E-state index < -0.39 is 0 Å². The van der Waals surface area contributed by atoms with Crippen molar-refractivity contribution in [1.29, 1.82) is 0 Å². The minimum atomic E-state index is -0.0981. The molecule has 0 aliphatic heterocycles. The highest BCUT2D eigenvalue weighted by Gasteiger charge is 2.21. The van der Waals surface area contributed by atoms with Gasteiger partial charge in [-0.15, -0.1) is 10.2 Å². The second-order valence-electron chi connectivity index (χ2n) is 7.39. The lowest BCUT2D eigenvalue weighted by Gasteiger charge is -2.14. The fourth-order valence-electron chi connectivity index (χ4n) is 3.75. The van der Waals surface area contributed by atoms with Crippen LogP contribution in [-0.4, -0.2) is 49.9 Å².